The Morgan fingerprint density at radius 3 is 3.30 bits per heavy atom. The van der Waals surface area contributed by atoms with E-state index in [4.69, 9.17) is 4.84 Å². The lowest BCUT2D eigenvalue weighted by Gasteiger charge is -2.12. The molecule has 3 nitrogen and oxygen atoms in total. The van der Waals surface area contributed by atoms with Gasteiger partial charge in [-0.15, -0.1) is 0 Å². The molecule has 0 amide bonds. The van der Waals surface area contributed by atoms with Crippen LogP contribution in [0.5, 0.6) is 0 Å². The molecular formula is C7H11NO2. The molecule has 0 aromatic rings. The molecule has 2 fully saturated rings. The van der Waals surface area contributed by atoms with E-state index in [1.165, 1.54) is 6.42 Å². The first-order chi connectivity index (χ1) is 4.92. The summed E-state index contributed by atoms with van der Waals surface area (Å²) in [6, 6.07) is 0.400. The fourth-order valence-electron chi connectivity index (χ4n) is 1.78. The standard InChI is InChI=1S/C7H11NO2/c9-4-6-5-10-8-3-1-2-7(6)8/h4,6-7H,1-3,5H2. The molecule has 0 bridgehead atoms. The SMILES string of the molecule is O=CC1CON2CCCC12. The first-order valence-corrected chi connectivity index (χ1v) is 3.76. The van der Waals surface area contributed by atoms with Gasteiger partial charge in [0.25, 0.3) is 0 Å². The average Bonchev–Trinajstić information content (AvgIpc) is 2.44. The summed E-state index contributed by atoms with van der Waals surface area (Å²) >= 11 is 0. The van der Waals surface area contributed by atoms with Crippen LogP contribution >= 0.6 is 0 Å². The van der Waals surface area contributed by atoms with E-state index in [2.05, 4.69) is 0 Å². The van der Waals surface area contributed by atoms with Gasteiger partial charge in [0.05, 0.1) is 12.5 Å². The van der Waals surface area contributed by atoms with Crippen molar-refractivity contribution in [2.75, 3.05) is 13.2 Å². The molecule has 0 saturated carbocycles. The quantitative estimate of drug-likeness (QED) is 0.489. The first-order valence-electron chi connectivity index (χ1n) is 3.76. The van der Waals surface area contributed by atoms with Crippen LogP contribution in [0.25, 0.3) is 0 Å². The highest BCUT2D eigenvalue weighted by Gasteiger charge is 2.38. The van der Waals surface area contributed by atoms with Gasteiger partial charge in [-0.2, -0.15) is 5.06 Å². The summed E-state index contributed by atoms with van der Waals surface area (Å²) in [4.78, 5) is 15.7. The van der Waals surface area contributed by atoms with Crippen LogP contribution in [0.1, 0.15) is 12.8 Å². The normalized spacial score (nSPS) is 40.0. The molecule has 0 N–H and O–H groups in total. The molecule has 2 aliphatic rings. The van der Waals surface area contributed by atoms with Crippen LogP contribution in [0.3, 0.4) is 0 Å². The fraction of sp³-hybridized carbons (Fsp3) is 0.857. The van der Waals surface area contributed by atoms with Crippen LogP contribution in [0.4, 0.5) is 0 Å². The van der Waals surface area contributed by atoms with Crippen molar-refractivity contribution in [3.05, 3.63) is 0 Å². The van der Waals surface area contributed by atoms with Gasteiger partial charge in [-0.05, 0) is 12.8 Å². The van der Waals surface area contributed by atoms with Crippen LogP contribution in [-0.2, 0) is 9.63 Å². The molecule has 2 aliphatic heterocycles. The number of carbonyl (C=O) groups excluding carboxylic acids is 1. The van der Waals surface area contributed by atoms with E-state index in [1.54, 1.807) is 0 Å². The van der Waals surface area contributed by atoms with Crippen LogP contribution < -0.4 is 0 Å². The van der Waals surface area contributed by atoms with Crippen molar-refractivity contribution in [2.45, 2.75) is 18.9 Å². The number of hydrogen-bond donors (Lipinski definition) is 0. The Labute approximate surface area is 59.9 Å². The summed E-state index contributed by atoms with van der Waals surface area (Å²) in [5, 5.41) is 1.96. The zero-order valence-electron chi connectivity index (χ0n) is 5.82. The minimum atomic E-state index is 0.141. The van der Waals surface area contributed by atoms with Crippen molar-refractivity contribution in [1.82, 2.24) is 5.06 Å². The number of fused-ring (bicyclic) bond motifs is 1. The van der Waals surface area contributed by atoms with Crippen molar-refractivity contribution in [3.63, 3.8) is 0 Å². The molecule has 3 heteroatoms. The van der Waals surface area contributed by atoms with Gasteiger partial charge in [0.15, 0.2) is 0 Å². The Morgan fingerprint density at radius 2 is 2.50 bits per heavy atom. The van der Waals surface area contributed by atoms with Gasteiger partial charge >= 0.3 is 0 Å². The maximum atomic E-state index is 10.4. The van der Waals surface area contributed by atoms with Crippen LogP contribution in [0.2, 0.25) is 0 Å². The second-order valence-corrected chi connectivity index (χ2v) is 2.95. The van der Waals surface area contributed by atoms with Crippen molar-refractivity contribution >= 4 is 6.29 Å². The predicted molar refractivity (Wildman–Crippen MR) is 35.2 cm³/mol. The van der Waals surface area contributed by atoms with Gasteiger partial charge in [-0.1, -0.05) is 0 Å². The summed E-state index contributed by atoms with van der Waals surface area (Å²) in [5.74, 6) is 0.141. The zero-order chi connectivity index (χ0) is 6.97. The minimum absolute atomic E-state index is 0.141. The number of carbonyl (C=O) groups is 1. The summed E-state index contributed by atoms with van der Waals surface area (Å²) in [5.41, 5.74) is 0. The monoisotopic (exact) mass is 141 g/mol. The lowest BCUT2D eigenvalue weighted by Crippen LogP contribution is -2.25. The molecule has 0 aromatic carbocycles. The molecule has 0 aliphatic carbocycles. The summed E-state index contributed by atoms with van der Waals surface area (Å²) in [6.07, 6.45) is 3.33. The van der Waals surface area contributed by atoms with Crippen LogP contribution in [0, 0.1) is 5.92 Å². The Hall–Kier alpha value is -0.410. The maximum absolute atomic E-state index is 10.4. The molecule has 2 rings (SSSR count). The highest BCUT2D eigenvalue weighted by molar-refractivity contribution is 5.55. The van der Waals surface area contributed by atoms with Gasteiger partial charge in [-0.3, -0.25) is 4.84 Å². The number of hydrogen-bond acceptors (Lipinski definition) is 3. The molecule has 0 aromatic heterocycles. The Bertz CT molecular complexity index is 149. The number of aldehydes is 1. The zero-order valence-corrected chi connectivity index (χ0v) is 5.82. The first kappa shape index (κ1) is 6.31. The third-order valence-electron chi connectivity index (χ3n) is 2.35. The van der Waals surface area contributed by atoms with E-state index in [9.17, 15) is 4.79 Å². The molecule has 56 valence electrons. The molecule has 2 unspecified atom stereocenters. The second-order valence-electron chi connectivity index (χ2n) is 2.95. The molecule has 2 heterocycles. The predicted octanol–water partition coefficient (Wildman–Crippen LogP) is 0.211. The van der Waals surface area contributed by atoms with Crippen molar-refractivity contribution in [3.8, 4) is 0 Å². The van der Waals surface area contributed by atoms with E-state index in [0.717, 1.165) is 19.3 Å². The van der Waals surface area contributed by atoms with Crippen LogP contribution in [0.15, 0.2) is 0 Å². The molecular weight excluding hydrogens is 130 g/mol. The number of rotatable bonds is 1. The Kier molecular flexibility index (Phi) is 1.47. The molecule has 10 heavy (non-hydrogen) atoms. The van der Waals surface area contributed by atoms with Gasteiger partial charge in [0.2, 0.25) is 0 Å². The van der Waals surface area contributed by atoms with Gasteiger partial charge < -0.3 is 4.79 Å². The lowest BCUT2D eigenvalue weighted by molar-refractivity contribution is -0.113. The van der Waals surface area contributed by atoms with E-state index in [1.807, 2.05) is 5.06 Å². The van der Waals surface area contributed by atoms with E-state index in [-0.39, 0.29) is 5.92 Å². The topological polar surface area (TPSA) is 29.5 Å². The second kappa shape index (κ2) is 2.32. The Morgan fingerprint density at radius 1 is 1.60 bits per heavy atom. The number of nitrogens with zero attached hydrogens (tertiary/aromatic N) is 1. The molecule has 0 radical (unpaired) electrons. The average molecular weight is 141 g/mol. The van der Waals surface area contributed by atoms with Crippen molar-refractivity contribution in [2.24, 2.45) is 5.92 Å². The summed E-state index contributed by atoms with van der Waals surface area (Å²) in [7, 11) is 0. The molecule has 0 spiro atoms. The minimum Gasteiger partial charge on any atom is -0.303 e. The summed E-state index contributed by atoms with van der Waals surface area (Å²) < 4.78 is 0. The van der Waals surface area contributed by atoms with Crippen molar-refractivity contribution in [1.29, 1.82) is 0 Å². The molecule has 2 saturated heterocycles. The smallest absolute Gasteiger partial charge is 0.127 e. The number of hydroxylamine groups is 2. The van der Waals surface area contributed by atoms with Gasteiger partial charge in [0, 0.05) is 12.6 Å². The largest absolute Gasteiger partial charge is 0.303 e. The lowest BCUT2D eigenvalue weighted by atomic mass is 10.0. The Balaban J connectivity index is 2.07. The third kappa shape index (κ3) is 0.777. The fourth-order valence-corrected chi connectivity index (χ4v) is 1.78. The van der Waals surface area contributed by atoms with E-state index < -0.39 is 0 Å². The van der Waals surface area contributed by atoms with Gasteiger partial charge in [-0.25, -0.2) is 0 Å². The highest BCUT2D eigenvalue weighted by atomic mass is 16.7. The maximum Gasteiger partial charge on any atom is 0.127 e. The van der Waals surface area contributed by atoms with Gasteiger partial charge in [0.1, 0.15) is 6.29 Å². The molecule has 2 atom stereocenters. The van der Waals surface area contributed by atoms with E-state index in [0.29, 0.717) is 12.6 Å². The van der Waals surface area contributed by atoms with E-state index >= 15 is 0 Å². The van der Waals surface area contributed by atoms with Crippen LogP contribution in [-0.4, -0.2) is 30.5 Å². The summed E-state index contributed by atoms with van der Waals surface area (Å²) in [6.45, 7) is 1.61. The van der Waals surface area contributed by atoms with Crippen molar-refractivity contribution < 1.29 is 9.63 Å². The highest BCUT2D eigenvalue weighted by Crippen LogP contribution is 2.28. The third-order valence-corrected chi connectivity index (χ3v) is 2.35.